The van der Waals surface area contributed by atoms with Gasteiger partial charge in [0.2, 0.25) is 0 Å². The summed E-state index contributed by atoms with van der Waals surface area (Å²) in [6, 6.07) is 7.92. The number of amides is 1. The van der Waals surface area contributed by atoms with Gasteiger partial charge in [0, 0.05) is 38.3 Å². The standard InChI is InChI=1S/C22H34N2O2/c1-22(2,26)11-10-18-8-5-9-20(16-18)21(25)24-14-12-23(13-15-24)17-19-6-3-4-7-19/h5,8-9,16,19,26H,3-4,6-7,10-15,17H2,1-2H3. The van der Waals surface area contributed by atoms with Crippen LogP contribution >= 0.6 is 0 Å². The third-order valence-corrected chi connectivity index (χ3v) is 5.85. The van der Waals surface area contributed by atoms with Crippen molar-refractivity contribution in [1.29, 1.82) is 0 Å². The largest absolute Gasteiger partial charge is 0.390 e. The Kier molecular flexibility index (Phi) is 6.36. The molecule has 144 valence electrons. The molecule has 1 aromatic rings. The fraction of sp³-hybridized carbons (Fsp3) is 0.682. The van der Waals surface area contributed by atoms with E-state index in [0.717, 1.165) is 49.6 Å². The molecule has 2 fully saturated rings. The van der Waals surface area contributed by atoms with Gasteiger partial charge in [-0.3, -0.25) is 9.69 Å². The number of piperazine rings is 1. The Hall–Kier alpha value is -1.39. The predicted molar refractivity (Wildman–Crippen MR) is 105 cm³/mol. The van der Waals surface area contributed by atoms with Crippen LogP contribution in [0.3, 0.4) is 0 Å². The van der Waals surface area contributed by atoms with Crippen LogP contribution in [0.15, 0.2) is 24.3 Å². The molecule has 1 heterocycles. The average Bonchev–Trinajstić information content (AvgIpc) is 3.13. The molecule has 0 bridgehead atoms. The number of carbonyl (C=O) groups excluding carboxylic acids is 1. The number of hydrogen-bond acceptors (Lipinski definition) is 3. The zero-order chi connectivity index (χ0) is 18.6. The quantitative estimate of drug-likeness (QED) is 0.848. The minimum atomic E-state index is -0.671. The molecule has 1 aromatic carbocycles. The lowest BCUT2D eigenvalue weighted by Gasteiger charge is -2.36. The maximum absolute atomic E-state index is 12.9. The molecule has 1 aliphatic carbocycles. The number of carbonyl (C=O) groups is 1. The van der Waals surface area contributed by atoms with E-state index in [1.165, 1.54) is 32.2 Å². The van der Waals surface area contributed by atoms with Gasteiger partial charge in [0.15, 0.2) is 0 Å². The third-order valence-electron chi connectivity index (χ3n) is 5.85. The molecule has 1 N–H and O–H groups in total. The van der Waals surface area contributed by atoms with Crippen molar-refractivity contribution >= 4 is 5.91 Å². The molecule has 1 saturated heterocycles. The molecule has 3 rings (SSSR count). The molecule has 0 aromatic heterocycles. The number of rotatable bonds is 6. The van der Waals surface area contributed by atoms with E-state index in [-0.39, 0.29) is 5.91 Å². The first-order valence-corrected chi connectivity index (χ1v) is 10.2. The number of hydrogen-bond donors (Lipinski definition) is 1. The Bertz CT molecular complexity index is 594. The Balaban J connectivity index is 1.51. The fourth-order valence-corrected chi connectivity index (χ4v) is 4.18. The van der Waals surface area contributed by atoms with E-state index in [1.807, 2.05) is 43.0 Å². The van der Waals surface area contributed by atoms with Gasteiger partial charge in [0.25, 0.3) is 5.91 Å². The molecule has 4 heteroatoms. The molecule has 1 saturated carbocycles. The molecule has 0 radical (unpaired) electrons. The van der Waals surface area contributed by atoms with E-state index in [0.29, 0.717) is 6.42 Å². The zero-order valence-corrected chi connectivity index (χ0v) is 16.4. The summed E-state index contributed by atoms with van der Waals surface area (Å²) in [4.78, 5) is 17.4. The maximum atomic E-state index is 12.9. The summed E-state index contributed by atoms with van der Waals surface area (Å²) in [5.74, 6) is 1.03. The van der Waals surface area contributed by atoms with Gasteiger partial charge in [-0.25, -0.2) is 0 Å². The molecule has 26 heavy (non-hydrogen) atoms. The molecule has 4 nitrogen and oxygen atoms in total. The Morgan fingerprint density at radius 2 is 1.85 bits per heavy atom. The molecule has 0 unspecified atom stereocenters. The number of aryl methyl sites for hydroxylation is 1. The van der Waals surface area contributed by atoms with Crippen molar-refractivity contribution < 1.29 is 9.90 Å². The molecular weight excluding hydrogens is 324 g/mol. The van der Waals surface area contributed by atoms with Crippen molar-refractivity contribution in [2.45, 2.75) is 58.0 Å². The van der Waals surface area contributed by atoms with Gasteiger partial charge in [0.05, 0.1) is 5.60 Å². The van der Waals surface area contributed by atoms with Crippen LogP contribution in [-0.4, -0.2) is 59.1 Å². The van der Waals surface area contributed by atoms with Gasteiger partial charge in [-0.2, -0.15) is 0 Å². The Morgan fingerprint density at radius 3 is 2.50 bits per heavy atom. The second-order valence-electron chi connectivity index (χ2n) is 8.76. The molecule has 0 spiro atoms. The van der Waals surface area contributed by atoms with Crippen molar-refractivity contribution in [2.24, 2.45) is 5.92 Å². The van der Waals surface area contributed by atoms with E-state index < -0.39 is 5.60 Å². The van der Waals surface area contributed by atoms with Crippen LogP contribution in [0.1, 0.15) is 61.9 Å². The average molecular weight is 359 g/mol. The van der Waals surface area contributed by atoms with Crippen molar-refractivity contribution in [2.75, 3.05) is 32.7 Å². The van der Waals surface area contributed by atoms with E-state index in [9.17, 15) is 9.90 Å². The summed E-state index contributed by atoms with van der Waals surface area (Å²) in [5, 5.41) is 9.91. The summed E-state index contributed by atoms with van der Waals surface area (Å²) in [6.07, 6.45) is 7.05. The summed E-state index contributed by atoms with van der Waals surface area (Å²) in [7, 11) is 0. The second-order valence-corrected chi connectivity index (χ2v) is 8.76. The summed E-state index contributed by atoms with van der Waals surface area (Å²) in [5.41, 5.74) is 1.23. The lowest BCUT2D eigenvalue weighted by Crippen LogP contribution is -2.49. The normalized spacial score (nSPS) is 19.9. The van der Waals surface area contributed by atoms with Crippen LogP contribution in [0, 0.1) is 5.92 Å². The lowest BCUT2D eigenvalue weighted by atomic mass is 9.97. The summed E-state index contributed by atoms with van der Waals surface area (Å²) >= 11 is 0. The van der Waals surface area contributed by atoms with Crippen molar-refractivity contribution in [1.82, 2.24) is 9.80 Å². The van der Waals surface area contributed by atoms with Gasteiger partial charge in [-0.1, -0.05) is 25.0 Å². The van der Waals surface area contributed by atoms with E-state index in [4.69, 9.17) is 0 Å². The van der Waals surface area contributed by atoms with E-state index >= 15 is 0 Å². The maximum Gasteiger partial charge on any atom is 0.253 e. The summed E-state index contributed by atoms with van der Waals surface area (Å²) < 4.78 is 0. The van der Waals surface area contributed by atoms with Gasteiger partial charge in [0.1, 0.15) is 0 Å². The van der Waals surface area contributed by atoms with Crippen LogP contribution in [0.2, 0.25) is 0 Å². The fourth-order valence-electron chi connectivity index (χ4n) is 4.18. The second kappa shape index (κ2) is 8.53. The van der Waals surface area contributed by atoms with Crippen LogP contribution in [-0.2, 0) is 6.42 Å². The van der Waals surface area contributed by atoms with E-state index in [2.05, 4.69) is 4.90 Å². The highest BCUT2D eigenvalue weighted by molar-refractivity contribution is 5.94. The highest BCUT2D eigenvalue weighted by Crippen LogP contribution is 2.26. The van der Waals surface area contributed by atoms with Crippen molar-refractivity contribution in [3.63, 3.8) is 0 Å². The minimum Gasteiger partial charge on any atom is -0.390 e. The van der Waals surface area contributed by atoms with Crippen LogP contribution in [0.5, 0.6) is 0 Å². The van der Waals surface area contributed by atoms with Crippen molar-refractivity contribution in [3.05, 3.63) is 35.4 Å². The van der Waals surface area contributed by atoms with Gasteiger partial charge in [-0.05, 0) is 63.1 Å². The van der Waals surface area contributed by atoms with Crippen molar-refractivity contribution in [3.8, 4) is 0 Å². The summed E-state index contributed by atoms with van der Waals surface area (Å²) in [6.45, 7) is 8.54. The predicted octanol–water partition coefficient (Wildman–Crippen LogP) is 3.34. The molecule has 1 amide bonds. The highest BCUT2D eigenvalue weighted by atomic mass is 16.3. The van der Waals surface area contributed by atoms with Gasteiger partial charge < -0.3 is 10.0 Å². The van der Waals surface area contributed by atoms with Crippen LogP contribution in [0.4, 0.5) is 0 Å². The first-order valence-electron chi connectivity index (χ1n) is 10.2. The van der Waals surface area contributed by atoms with Crippen LogP contribution in [0.25, 0.3) is 0 Å². The topological polar surface area (TPSA) is 43.8 Å². The number of benzene rings is 1. The monoisotopic (exact) mass is 358 g/mol. The van der Waals surface area contributed by atoms with Gasteiger partial charge in [-0.15, -0.1) is 0 Å². The minimum absolute atomic E-state index is 0.149. The number of aliphatic hydroxyl groups is 1. The Morgan fingerprint density at radius 1 is 1.15 bits per heavy atom. The SMILES string of the molecule is CC(C)(O)CCc1cccc(C(=O)N2CCN(CC3CCCC3)CC2)c1. The molecule has 2 aliphatic rings. The molecule has 1 aliphatic heterocycles. The zero-order valence-electron chi connectivity index (χ0n) is 16.4. The number of nitrogens with zero attached hydrogens (tertiary/aromatic N) is 2. The molecule has 0 atom stereocenters. The lowest BCUT2D eigenvalue weighted by molar-refractivity contribution is 0.0618. The van der Waals surface area contributed by atoms with Crippen LogP contribution < -0.4 is 0 Å². The third kappa shape index (κ3) is 5.55. The molecular formula is C22H34N2O2. The van der Waals surface area contributed by atoms with Gasteiger partial charge >= 0.3 is 0 Å². The first-order chi connectivity index (χ1) is 12.4. The van der Waals surface area contributed by atoms with E-state index in [1.54, 1.807) is 0 Å². The first kappa shape index (κ1) is 19.4. The Labute approximate surface area is 158 Å². The smallest absolute Gasteiger partial charge is 0.253 e. The highest BCUT2D eigenvalue weighted by Gasteiger charge is 2.25.